The number of amides is 2. The minimum atomic E-state index is -0.397. The molecule has 7 heteroatoms. The summed E-state index contributed by atoms with van der Waals surface area (Å²) in [5.41, 5.74) is 2.88. The maximum Gasteiger partial charge on any atom is 0.258 e. The van der Waals surface area contributed by atoms with Crippen LogP contribution >= 0.6 is 0 Å². The summed E-state index contributed by atoms with van der Waals surface area (Å²) >= 11 is 0. The van der Waals surface area contributed by atoms with Crippen LogP contribution in [0, 0.1) is 5.82 Å². The van der Waals surface area contributed by atoms with Crippen LogP contribution in [0.1, 0.15) is 26.3 Å². The number of ether oxygens (including phenoxy) is 2. The monoisotopic (exact) mass is 420 g/mol. The van der Waals surface area contributed by atoms with E-state index in [-0.39, 0.29) is 11.8 Å². The summed E-state index contributed by atoms with van der Waals surface area (Å²) in [6.07, 6.45) is 0.547. The maximum atomic E-state index is 13.2. The first-order valence-corrected chi connectivity index (χ1v) is 9.74. The van der Waals surface area contributed by atoms with Crippen LogP contribution in [0.25, 0.3) is 0 Å². The Kier molecular flexibility index (Phi) is 5.58. The van der Waals surface area contributed by atoms with Crippen molar-refractivity contribution >= 4 is 23.2 Å². The summed E-state index contributed by atoms with van der Waals surface area (Å²) in [5.74, 6) is 0.176. The Morgan fingerprint density at radius 3 is 2.48 bits per heavy atom. The molecule has 0 bridgehead atoms. The van der Waals surface area contributed by atoms with Crippen molar-refractivity contribution in [3.8, 4) is 11.5 Å². The van der Waals surface area contributed by atoms with Gasteiger partial charge in [-0.3, -0.25) is 9.59 Å². The summed E-state index contributed by atoms with van der Waals surface area (Å²) < 4.78 is 23.7. The second-order valence-electron chi connectivity index (χ2n) is 7.04. The summed E-state index contributed by atoms with van der Waals surface area (Å²) in [5, 5.41) is 2.88. The van der Waals surface area contributed by atoms with Gasteiger partial charge in [0, 0.05) is 29.4 Å². The van der Waals surface area contributed by atoms with Gasteiger partial charge >= 0.3 is 0 Å². The molecule has 3 aromatic rings. The fraction of sp³-hybridized carbons (Fsp3) is 0.167. The molecule has 1 aliphatic rings. The topological polar surface area (TPSA) is 67.9 Å². The Balaban J connectivity index is 1.60. The molecule has 0 fully saturated rings. The van der Waals surface area contributed by atoms with Gasteiger partial charge in [-0.25, -0.2) is 4.39 Å². The predicted octanol–water partition coefficient (Wildman–Crippen LogP) is 4.30. The zero-order chi connectivity index (χ0) is 22.0. The van der Waals surface area contributed by atoms with E-state index in [0.717, 1.165) is 5.56 Å². The molecule has 1 aliphatic heterocycles. The molecule has 0 atom stereocenters. The van der Waals surface area contributed by atoms with Gasteiger partial charge in [0.25, 0.3) is 11.8 Å². The number of carbonyl (C=O) groups is 2. The van der Waals surface area contributed by atoms with Crippen molar-refractivity contribution in [2.45, 2.75) is 6.42 Å². The fourth-order valence-electron chi connectivity index (χ4n) is 3.70. The average molecular weight is 420 g/mol. The lowest BCUT2D eigenvalue weighted by atomic mass is 10.0. The highest BCUT2D eigenvalue weighted by Crippen LogP contribution is 2.34. The SMILES string of the molecule is COc1ccc(NC(=O)c2cccc3c2CCN3C(=O)c2ccc(F)cc2)c(OC)c1. The van der Waals surface area contributed by atoms with Crippen molar-refractivity contribution in [2.24, 2.45) is 0 Å². The van der Waals surface area contributed by atoms with Gasteiger partial charge in [-0.15, -0.1) is 0 Å². The maximum absolute atomic E-state index is 13.2. The Bertz CT molecular complexity index is 1140. The van der Waals surface area contributed by atoms with Crippen LogP contribution in [0.2, 0.25) is 0 Å². The van der Waals surface area contributed by atoms with Crippen molar-refractivity contribution in [1.29, 1.82) is 0 Å². The van der Waals surface area contributed by atoms with Crippen LogP contribution in [0.4, 0.5) is 15.8 Å². The van der Waals surface area contributed by atoms with Crippen molar-refractivity contribution < 1.29 is 23.5 Å². The third-order valence-corrected chi connectivity index (χ3v) is 5.27. The minimum absolute atomic E-state index is 0.229. The van der Waals surface area contributed by atoms with Gasteiger partial charge in [0.15, 0.2) is 0 Å². The predicted molar refractivity (Wildman–Crippen MR) is 116 cm³/mol. The van der Waals surface area contributed by atoms with Crippen molar-refractivity contribution in [1.82, 2.24) is 0 Å². The average Bonchev–Trinajstić information content (AvgIpc) is 3.23. The highest BCUT2D eigenvalue weighted by molar-refractivity contribution is 6.11. The van der Waals surface area contributed by atoms with E-state index in [4.69, 9.17) is 9.47 Å². The first-order valence-electron chi connectivity index (χ1n) is 9.74. The molecular formula is C24H21FN2O4. The van der Waals surface area contributed by atoms with Gasteiger partial charge in [-0.05, 0) is 60.5 Å². The van der Waals surface area contributed by atoms with Crippen molar-refractivity contribution in [3.05, 3.63) is 83.2 Å². The summed E-state index contributed by atoms with van der Waals surface area (Å²) in [6.45, 7) is 0.446. The van der Waals surface area contributed by atoms with Gasteiger partial charge in [0.05, 0.1) is 19.9 Å². The van der Waals surface area contributed by atoms with Gasteiger partial charge in [0.2, 0.25) is 0 Å². The van der Waals surface area contributed by atoms with Gasteiger partial charge in [-0.1, -0.05) is 6.07 Å². The first kappa shape index (κ1) is 20.4. The van der Waals surface area contributed by atoms with Crippen LogP contribution in [0.3, 0.4) is 0 Å². The second-order valence-corrected chi connectivity index (χ2v) is 7.04. The van der Waals surface area contributed by atoms with E-state index in [0.29, 0.717) is 47.0 Å². The van der Waals surface area contributed by atoms with Gasteiger partial charge in [-0.2, -0.15) is 0 Å². The molecule has 0 aromatic heterocycles. The molecule has 4 rings (SSSR count). The standard InChI is InChI=1S/C24H21FN2O4/c1-30-17-10-11-20(22(14-17)31-2)26-23(28)19-4-3-5-21-18(19)12-13-27(21)24(29)15-6-8-16(25)9-7-15/h3-11,14H,12-13H2,1-2H3,(H,26,28). The van der Waals surface area contributed by atoms with E-state index in [9.17, 15) is 14.0 Å². The smallest absolute Gasteiger partial charge is 0.258 e. The molecule has 0 saturated carbocycles. The fourth-order valence-corrected chi connectivity index (χ4v) is 3.70. The number of halogens is 1. The molecule has 158 valence electrons. The quantitative estimate of drug-likeness (QED) is 0.668. The Morgan fingerprint density at radius 2 is 1.77 bits per heavy atom. The van der Waals surface area contributed by atoms with E-state index in [2.05, 4.69) is 5.32 Å². The van der Waals surface area contributed by atoms with E-state index >= 15 is 0 Å². The molecule has 31 heavy (non-hydrogen) atoms. The number of anilines is 2. The molecule has 2 amide bonds. The molecular weight excluding hydrogens is 399 g/mol. The number of methoxy groups -OCH3 is 2. The molecule has 1 N–H and O–H groups in total. The second kappa shape index (κ2) is 8.47. The van der Waals surface area contributed by atoms with Crippen LogP contribution in [0.15, 0.2) is 60.7 Å². The lowest BCUT2D eigenvalue weighted by Crippen LogP contribution is -2.28. The van der Waals surface area contributed by atoms with Crippen molar-refractivity contribution in [3.63, 3.8) is 0 Å². The Labute approximate surface area is 179 Å². The molecule has 0 unspecified atom stereocenters. The van der Waals surface area contributed by atoms with E-state index < -0.39 is 5.82 Å². The lowest BCUT2D eigenvalue weighted by molar-refractivity contribution is 0.0987. The number of hydrogen-bond acceptors (Lipinski definition) is 4. The van der Waals surface area contributed by atoms with Gasteiger partial charge in [0.1, 0.15) is 17.3 Å². The van der Waals surface area contributed by atoms with Crippen molar-refractivity contribution in [2.75, 3.05) is 31.0 Å². The highest BCUT2D eigenvalue weighted by atomic mass is 19.1. The number of hydrogen-bond donors (Lipinski definition) is 1. The van der Waals surface area contributed by atoms with Crippen LogP contribution < -0.4 is 19.7 Å². The molecule has 6 nitrogen and oxygen atoms in total. The van der Waals surface area contributed by atoms with E-state index in [1.54, 1.807) is 42.3 Å². The molecule has 0 spiro atoms. The summed E-state index contributed by atoms with van der Waals surface area (Å²) in [7, 11) is 3.07. The van der Waals surface area contributed by atoms with Crippen LogP contribution in [0.5, 0.6) is 11.5 Å². The minimum Gasteiger partial charge on any atom is -0.497 e. The lowest BCUT2D eigenvalue weighted by Gasteiger charge is -2.18. The Hall–Kier alpha value is -3.87. The molecule has 0 aliphatic carbocycles. The molecule has 0 radical (unpaired) electrons. The number of fused-ring (bicyclic) bond motifs is 1. The number of carbonyl (C=O) groups excluding carboxylic acids is 2. The van der Waals surface area contributed by atoms with Crippen LogP contribution in [-0.4, -0.2) is 32.6 Å². The number of benzene rings is 3. The van der Waals surface area contributed by atoms with E-state index in [1.165, 1.54) is 31.4 Å². The third kappa shape index (κ3) is 3.94. The number of nitrogens with zero attached hydrogens (tertiary/aromatic N) is 1. The normalized spacial score (nSPS) is 12.3. The highest BCUT2D eigenvalue weighted by Gasteiger charge is 2.29. The molecule has 0 saturated heterocycles. The zero-order valence-corrected chi connectivity index (χ0v) is 17.1. The number of rotatable bonds is 5. The molecule has 3 aromatic carbocycles. The van der Waals surface area contributed by atoms with E-state index in [1.807, 2.05) is 6.07 Å². The zero-order valence-electron chi connectivity index (χ0n) is 17.1. The molecule has 1 heterocycles. The third-order valence-electron chi connectivity index (χ3n) is 5.27. The first-order chi connectivity index (χ1) is 15.0. The van der Waals surface area contributed by atoms with Gasteiger partial charge < -0.3 is 19.7 Å². The summed E-state index contributed by atoms with van der Waals surface area (Å²) in [6, 6.07) is 15.9. The van der Waals surface area contributed by atoms with Crippen LogP contribution in [-0.2, 0) is 6.42 Å². The Morgan fingerprint density at radius 1 is 1.00 bits per heavy atom. The largest absolute Gasteiger partial charge is 0.497 e. The summed E-state index contributed by atoms with van der Waals surface area (Å²) in [4.78, 5) is 27.6. The number of nitrogens with one attached hydrogen (secondary N) is 1.